The van der Waals surface area contributed by atoms with E-state index in [1.54, 1.807) is 18.5 Å². The first-order valence-corrected chi connectivity index (χ1v) is 9.75. The summed E-state index contributed by atoms with van der Waals surface area (Å²) in [4.78, 5) is 19.9. The summed E-state index contributed by atoms with van der Waals surface area (Å²) in [5, 5.41) is 7.62. The van der Waals surface area contributed by atoms with Gasteiger partial charge in [-0.1, -0.05) is 11.6 Å². The van der Waals surface area contributed by atoms with Crippen molar-refractivity contribution in [2.75, 3.05) is 18.9 Å². The average Bonchev–Trinajstić information content (AvgIpc) is 3.28. The second kappa shape index (κ2) is 7.60. The molecule has 2 atom stereocenters. The summed E-state index contributed by atoms with van der Waals surface area (Å²) in [5.74, 6) is -0.106. The molecule has 9 nitrogen and oxygen atoms in total. The van der Waals surface area contributed by atoms with Crippen LogP contribution >= 0.6 is 11.6 Å². The summed E-state index contributed by atoms with van der Waals surface area (Å²) < 4.78 is 27.7. The van der Waals surface area contributed by atoms with E-state index in [2.05, 4.69) is 20.4 Å². The number of nitrogen functional groups attached to an aromatic ring is 1. The molecule has 1 amide bonds. The SMILES string of the molecule is CCOc1c([C@H](C)n2nc(C)c3c(N)ncnc32)cc(Cl)c(F)c1[C@H]1CNC(=O)O1. The van der Waals surface area contributed by atoms with E-state index in [1.807, 2.05) is 6.92 Å². The number of rotatable bonds is 5. The van der Waals surface area contributed by atoms with Gasteiger partial charge >= 0.3 is 6.09 Å². The Labute approximate surface area is 176 Å². The summed E-state index contributed by atoms with van der Waals surface area (Å²) in [7, 11) is 0. The lowest BCUT2D eigenvalue weighted by molar-refractivity contribution is 0.137. The number of nitrogens with zero attached hydrogens (tertiary/aromatic N) is 4. The minimum Gasteiger partial charge on any atom is -0.493 e. The molecule has 4 rings (SSSR count). The first-order chi connectivity index (χ1) is 14.3. The van der Waals surface area contributed by atoms with Gasteiger partial charge in [-0.3, -0.25) is 0 Å². The normalized spacial score (nSPS) is 17.1. The molecule has 3 N–H and O–H groups in total. The van der Waals surface area contributed by atoms with E-state index < -0.39 is 24.1 Å². The standard InChI is InChI=1S/C19H20ClFN6O3/c1-4-29-16-10(5-11(20)15(21)14(16)12-6-23-19(28)30-12)9(3)27-18-13(8(2)26-27)17(22)24-7-25-18/h5,7,9,12H,4,6H2,1-3H3,(H,23,28)(H2,22,24,25)/t9-,12+/m0/s1. The quantitative estimate of drug-likeness (QED) is 0.632. The monoisotopic (exact) mass is 434 g/mol. The molecule has 1 aliphatic rings. The van der Waals surface area contributed by atoms with Crippen LogP contribution in [0.25, 0.3) is 11.0 Å². The Morgan fingerprint density at radius 3 is 2.93 bits per heavy atom. The van der Waals surface area contributed by atoms with Gasteiger partial charge in [0.05, 0.1) is 40.9 Å². The largest absolute Gasteiger partial charge is 0.493 e. The zero-order chi connectivity index (χ0) is 21.6. The van der Waals surface area contributed by atoms with E-state index in [1.165, 1.54) is 12.4 Å². The Morgan fingerprint density at radius 2 is 2.27 bits per heavy atom. The van der Waals surface area contributed by atoms with Crippen LogP contribution in [-0.2, 0) is 4.74 Å². The number of aromatic nitrogens is 4. The maximum absolute atomic E-state index is 15.0. The number of benzene rings is 1. The molecule has 11 heteroatoms. The molecule has 0 saturated carbocycles. The van der Waals surface area contributed by atoms with Crippen LogP contribution in [0.3, 0.4) is 0 Å². The van der Waals surface area contributed by atoms with Gasteiger partial charge in [0.2, 0.25) is 0 Å². The topological polar surface area (TPSA) is 117 Å². The minimum atomic E-state index is -0.863. The van der Waals surface area contributed by atoms with Crippen LogP contribution in [0.1, 0.15) is 42.8 Å². The third kappa shape index (κ3) is 3.17. The van der Waals surface area contributed by atoms with Gasteiger partial charge in [-0.25, -0.2) is 23.8 Å². The second-order valence-electron chi connectivity index (χ2n) is 6.88. The number of aryl methyl sites for hydroxylation is 1. The lowest BCUT2D eigenvalue weighted by Gasteiger charge is -2.23. The molecular weight excluding hydrogens is 415 g/mol. The molecule has 0 bridgehead atoms. The number of nitrogens with two attached hydrogens (primary N) is 1. The average molecular weight is 435 g/mol. The number of ether oxygens (including phenoxy) is 2. The second-order valence-corrected chi connectivity index (χ2v) is 7.28. The Morgan fingerprint density at radius 1 is 1.50 bits per heavy atom. The number of fused-ring (bicyclic) bond motifs is 1. The van der Waals surface area contributed by atoms with E-state index in [0.717, 1.165) is 0 Å². The maximum Gasteiger partial charge on any atom is 0.407 e. The molecule has 0 spiro atoms. The van der Waals surface area contributed by atoms with Crippen molar-refractivity contribution in [1.82, 2.24) is 25.1 Å². The van der Waals surface area contributed by atoms with Crippen molar-refractivity contribution < 1.29 is 18.7 Å². The number of nitrogens with one attached hydrogen (secondary N) is 1. The highest BCUT2D eigenvalue weighted by Crippen LogP contribution is 2.42. The van der Waals surface area contributed by atoms with Gasteiger partial charge in [0.25, 0.3) is 0 Å². The number of hydrogen-bond acceptors (Lipinski definition) is 7. The fourth-order valence-electron chi connectivity index (χ4n) is 3.67. The van der Waals surface area contributed by atoms with Gasteiger partial charge in [-0.05, 0) is 26.8 Å². The van der Waals surface area contributed by atoms with Crippen molar-refractivity contribution >= 4 is 34.5 Å². The Kier molecular flexibility index (Phi) is 5.10. The van der Waals surface area contributed by atoms with Crippen molar-refractivity contribution in [3.05, 3.63) is 40.1 Å². The first-order valence-electron chi connectivity index (χ1n) is 9.37. The Hall–Kier alpha value is -3.14. The molecule has 158 valence electrons. The Balaban J connectivity index is 1.91. The predicted octanol–water partition coefficient (Wildman–Crippen LogP) is 3.30. The van der Waals surface area contributed by atoms with E-state index >= 15 is 4.39 Å². The van der Waals surface area contributed by atoms with Crippen LogP contribution in [-0.4, -0.2) is 39.0 Å². The molecule has 3 aromatic rings. The van der Waals surface area contributed by atoms with Crippen molar-refractivity contribution in [2.24, 2.45) is 0 Å². The van der Waals surface area contributed by atoms with Crippen LogP contribution in [0, 0.1) is 12.7 Å². The van der Waals surface area contributed by atoms with Crippen molar-refractivity contribution in [3.63, 3.8) is 0 Å². The molecule has 1 aliphatic heterocycles. The van der Waals surface area contributed by atoms with Gasteiger partial charge in [-0.2, -0.15) is 5.10 Å². The van der Waals surface area contributed by atoms with Crippen LogP contribution in [0.15, 0.2) is 12.4 Å². The molecule has 1 aromatic carbocycles. The van der Waals surface area contributed by atoms with E-state index in [9.17, 15) is 4.79 Å². The fourth-order valence-corrected chi connectivity index (χ4v) is 3.89. The zero-order valence-electron chi connectivity index (χ0n) is 16.6. The number of cyclic esters (lactones) is 1. The third-order valence-corrected chi connectivity index (χ3v) is 5.31. The molecule has 1 fully saturated rings. The Bertz CT molecular complexity index is 1150. The number of halogens is 2. The number of amides is 1. The molecule has 1 saturated heterocycles. The lowest BCUT2D eigenvalue weighted by Crippen LogP contribution is -2.16. The van der Waals surface area contributed by atoms with Crippen LogP contribution in [0.2, 0.25) is 5.02 Å². The number of carbonyl (C=O) groups excluding carboxylic acids is 1. The van der Waals surface area contributed by atoms with E-state index in [-0.39, 0.29) is 29.5 Å². The van der Waals surface area contributed by atoms with Gasteiger partial charge in [0.1, 0.15) is 17.9 Å². The van der Waals surface area contributed by atoms with Gasteiger partial charge in [0.15, 0.2) is 17.6 Å². The highest BCUT2D eigenvalue weighted by Gasteiger charge is 2.34. The number of anilines is 1. The molecule has 30 heavy (non-hydrogen) atoms. The minimum absolute atomic E-state index is 0.0897. The lowest BCUT2D eigenvalue weighted by atomic mass is 9.99. The van der Waals surface area contributed by atoms with Crippen molar-refractivity contribution in [3.8, 4) is 5.75 Å². The number of alkyl carbamates (subject to hydrolysis) is 1. The van der Waals surface area contributed by atoms with Crippen molar-refractivity contribution in [2.45, 2.75) is 32.9 Å². The summed E-state index contributed by atoms with van der Waals surface area (Å²) in [5.41, 5.74) is 7.85. The summed E-state index contributed by atoms with van der Waals surface area (Å²) in [6.07, 6.45) is -0.131. The van der Waals surface area contributed by atoms with Crippen LogP contribution < -0.4 is 15.8 Å². The van der Waals surface area contributed by atoms with Gasteiger partial charge in [-0.15, -0.1) is 0 Å². The summed E-state index contributed by atoms with van der Waals surface area (Å²) in [6, 6.07) is 1.05. The highest BCUT2D eigenvalue weighted by molar-refractivity contribution is 6.31. The molecular formula is C19H20ClFN6O3. The van der Waals surface area contributed by atoms with E-state index in [0.29, 0.717) is 28.1 Å². The van der Waals surface area contributed by atoms with Gasteiger partial charge in [0, 0.05) is 5.56 Å². The fraction of sp³-hybridized carbons (Fsp3) is 0.368. The summed E-state index contributed by atoms with van der Waals surface area (Å²) >= 11 is 6.22. The maximum atomic E-state index is 15.0. The molecule has 0 aliphatic carbocycles. The van der Waals surface area contributed by atoms with Gasteiger partial charge < -0.3 is 20.5 Å². The highest BCUT2D eigenvalue weighted by atomic mass is 35.5. The summed E-state index contributed by atoms with van der Waals surface area (Å²) in [6.45, 7) is 5.83. The first kappa shape index (κ1) is 20.1. The smallest absolute Gasteiger partial charge is 0.407 e. The predicted molar refractivity (Wildman–Crippen MR) is 108 cm³/mol. The molecule has 2 aromatic heterocycles. The molecule has 0 radical (unpaired) electrons. The van der Waals surface area contributed by atoms with E-state index in [4.69, 9.17) is 26.8 Å². The number of hydrogen-bond donors (Lipinski definition) is 2. The number of carbonyl (C=O) groups is 1. The molecule has 0 unspecified atom stereocenters. The zero-order valence-corrected chi connectivity index (χ0v) is 17.3. The van der Waals surface area contributed by atoms with Crippen molar-refractivity contribution in [1.29, 1.82) is 0 Å². The third-order valence-electron chi connectivity index (χ3n) is 5.04. The molecule has 3 heterocycles. The van der Waals surface area contributed by atoms with Crippen LogP contribution in [0.5, 0.6) is 5.75 Å². The van der Waals surface area contributed by atoms with Crippen LogP contribution in [0.4, 0.5) is 15.0 Å².